The zero-order valence-electron chi connectivity index (χ0n) is 10.5. The molecular formula is C11H18N4O3S. The standard InChI is InChI=1S/C11H18N4O3S/c12-15-10-2-1-5-13-11(10)19(16,17)14-6-3-9-4-7-18-8-9/h1-2,5,9,14-15H,3-4,6-8,12H2. The highest BCUT2D eigenvalue weighted by molar-refractivity contribution is 7.89. The fourth-order valence-electron chi connectivity index (χ4n) is 1.99. The number of hydrazine groups is 1. The number of ether oxygens (including phenoxy) is 1. The van der Waals surface area contributed by atoms with Crippen molar-refractivity contribution in [1.29, 1.82) is 0 Å². The van der Waals surface area contributed by atoms with E-state index in [9.17, 15) is 8.42 Å². The molecule has 1 aliphatic rings. The number of rotatable bonds is 6. The fourth-order valence-corrected chi connectivity index (χ4v) is 3.13. The maximum absolute atomic E-state index is 12.1. The number of pyridine rings is 1. The third-order valence-corrected chi connectivity index (χ3v) is 4.47. The Morgan fingerprint density at radius 1 is 1.53 bits per heavy atom. The van der Waals surface area contributed by atoms with Crippen LogP contribution < -0.4 is 16.0 Å². The quantitative estimate of drug-likeness (QED) is 0.505. The summed E-state index contributed by atoms with van der Waals surface area (Å²) in [6, 6.07) is 3.18. The summed E-state index contributed by atoms with van der Waals surface area (Å²) in [5.74, 6) is 5.71. The van der Waals surface area contributed by atoms with Gasteiger partial charge in [0.2, 0.25) is 0 Å². The number of hydrogen-bond donors (Lipinski definition) is 3. The minimum Gasteiger partial charge on any atom is -0.381 e. The Kier molecular flexibility index (Phi) is 4.70. The van der Waals surface area contributed by atoms with Gasteiger partial charge in [-0.15, -0.1) is 0 Å². The first kappa shape index (κ1) is 14.2. The summed E-state index contributed by atoms with van der Waals surface area (Å²) in [6.45, 7) is 1.84. The van der Waals surface area contributed by atoms with E-state index in [1.54, 1.807) is 12.1 Å². The van der Waals surface area contributed by atoms with Crippen molar-refractivity contribution in [3.63, 3.8) is 0 Å². The van der Waals surface area contributed by atoms with Gasteiger partial charge in [-0.1, -0.05) is 0 Å². The van der Waals surface area contributed by atoms with Crippen molar-refractivity contribution in [3.05, 3.63) is 18.3 Å². The molecule has 0 spiro atoms. The van der Waals surface area contributed by atoms with Crippen molar-refractivity contribution in [1.82, 2.24) is 9.71 Å². The summed E-state index contributed by atoms with van der Waals surface area (Å²) in [5.41, 5.74) is 2.61. The topological polar surface area (TPSA) is 106 Å². The molecule has 1 aliphatic heterocycles. The van der Waals surface area contributed by atoms with Crippen LogP contribution in [0.3, 0.4) is 0 Å². The molecule has 0 aliphatic carbocycles. The van der Waals surface area contributed by atoms with Crippen LogP contribution >= 0.6 is 0 Å². The summed E-state index contributed by atoms with van der Waals surface area (Å²) in [5, 5.41) is -0.0832. The van der Waals surface area contributed by atoms with Crippen molar-refractivity contribution in [2.45, 2.75) is 17.9 Å². The first-order valence-corrected chi connectivity index (χ1v) is 7.61. The second-order valence-corrected chi connectivity index (χ2v) is 6.10. The number of hydrogen-bond acceptors (Lipinski definition) is 6. The van der Waals surface area contributed by atoms with Crippen LogP contribution in [-0.4, -0.2) is 33.2 Å². The van der Waals surface area contributed by atoms with Gasteiger partial charge in [-0.25, -0.2) is 18.1 Å². The van der Waals surface area contributed by atoms with E-state index in [1.165, 1.54) is 6.20 Å². The molecule has 106 valence electrons. The third-order valence-electron chi connectivity index (χ3n) is 3.05. The zero-order chi connectivity index (χ0) is 13.7. The maximum atomic E-state index is 12.1. The average Bonchev–Trinajstić information content (AvgIpc) is 2.91. The monoisotopic (exact) mass is 286 g/mol. The van der Waals surface area contributed by atoms with Crippen LogP contribution in [0.1, 0.15) is 12.8 Å². The van der Waals surface area contributed by atoms with Gasteiger partial charge < -0.3 is 10.2 Å². The predicted octanol–water partition coefficient (Wildman–Crippen LogP) is 0.0721. The van der Waals surface area contributed by atoms with Crippen molar-refractivity contribution < 1.29 is 13.2 Å². The molecule has 8 heteroatoms. The average molecular weight is 286 g/mol. The van der Waals surface area contributed by atoms with Crippen LogP contribution in [0.5, 0.6) is 0 Å². The summed E-state index contributed by atoms with van der Waals surface area (Å²) in [6.07, 6.45) is 3.17. The molecule has 2 rings (SSSR count). The molecule has 2 heterocycles. The molecular weight excluding hydrogens is 268 g/mol. The number of aromatic nitrogens is 1. The number of sulfonamides is 1. The lowest BCUT2D eigenvalue weighted by Gasteiger charge is -2.11. The minimum atomic E-state index is -3.64. The Balaban J connectivity index is 1.97. The molecule has 19 heavy (non-hydrogen) atoms. The van der Waals surface area contributed by atoms with E-state index < -0.39 is 10.0 Å². The zero-order valence-corrected chi connectivity index (χ0v) is 11.3. The van der Waals surface area contributed by atoms with Gasteiger partial charge in [0.05, 0.1) is 5.69 Å². The van der Waals surface area contributed by atoms with Crippen molar-refractivity contribution in [2.75, 3.05) is 25.2 Å². The molecule has 1 fully saturated rings. The number of nitrogens with two attached hydrogens (primary N) is 1. The van der Waals surface area contributed by atoms with Crippen molar-refractivity contribution in [3.8, 4) is 0 Å². The maximum Gasteiger partial charge on any atom is 0.260 e. The van der Waals surface area contributed by atoms with E-state index in [2.05, 4.69) is 15.1 Å². The smallest absolute Gasteiger partial charge is 0.260 e. The van der Waals surface area contributed by atoms with Crippen LogP contribution in [-0.2, 0) is 14.8 Å². The number of nitrogens with one attached hydrogen (secondary N) is 2. The van der Waals surface area contributed by atoms with Gasteiger partial charge in [-0.05, 0) is 30.9 Å². The highest BCUT2D eigenvalue weighted by Crippen LogP contribution is 2.18. The summed E-state index contributed by atoms with van der Waals surface area (Å²) >= 11 is 0. The van der Waals surface area contributed by atoms with Crippen LogP contribution in [0.4, 0.5) is 5.69 Å². The number of nitrogen functional groups attached to an aromatic ring is 1. The highest BCUT2D eigenvalue weighted by atomic mass is 32.2. The van der Waals surface area contributed by atoms with E-state index in [4.69, 9.17) is 10.6 Å². The molecule has 1 saturated heterocycles. The first-order valence-electron chi connectivity index (χ1n) is 6.12. The SMILES string of the molecule is NNc1cccnc1S(=O)(=O)NCCC1CCOC1. The largest absolute Gasteiger partial charge is 0.381 e. The van der Waals surface area contributed by atoms with Gasteiger partial charge in [0.15, 0.2) is 5.03 Å². The van der Waals surface area contributed by atoms with E-state index in [1.807, 2.05) is 0 Å². The molecule has 4 N–H and O–H groups in total. The molecule has 1 aromatic rings. The number of nitrogens with zero attached hydrogens (tertiary/aromatic N) is 1. The van der Waals surface area contributed by atoms with Crippen LogP contribution in [0.2, 0.25) is 0 Å². The van der Waals surface area contributed by atoms with Gasteiger partial charge in [-0.2, -0.15) is 0 Å². The number of anilines is 1. The lowest BCUT2D eigenvalue weighted by atomic mass is 10.1. The van der Waals surface area contributed by atoms with Crippen molar-refractivity contribution >= 4 is 15.7 Å². The molecule has 1 unspecified atom stereocenters. The highest BCUT2D eigenvalue weighted by Gasteiger charge is 2.21. The molecule has 0 radical (unpaired) electrons. The Morgan fingerprint density at radius 2 is 2.37 bits per heavy atom. The summed E-state index contributed by atoms with van der Waals surface area (Å²) in [7, 11) is -3.64. The van der Waals surface area contributed by atoms with Gasteiger partial charge in [0.25, 0.3) is 10.0 Å². The molecule has 0 aromatic carbocycles. The lowest BCUT2D eigenvalue weighted by molar-refractivity contribution is 0.184. The van der Waals surface area contributed by atoms with Gasteiger partial charge >= 0.3 is 0 Å². The molecule has 7 nitrogen and oxygen atoms in total. The summed E-state index contributed by atoms with van der Waals surface area (Å²) in [4.78, 5) is 3.85. The van der Waals surface area contributed by atoms with Crippen LogP contribution in [0.15, 0.2) is 23.4 Å². The molecule has 0 bridgehead atoms. The van der Waals surface area contributed by atoms with Crippen LogP contribution in [0, 0.1) is 5.92 Å². The van der Waals surface area contributed by atoms with E-state index in [0.717, 1.165) is 19.4 Å². The fraction of sp³-hybridized carbons (Fsp3) is 0.545. The lowest BCUT2D eigenvalue weighted by Crippen LogP contribution is -2.28. The normalized spacial score (nSPS) is 19.5. The Bertz CT molecular complexity index is 514. The Hall–Kier alpha value is -1.22. The second-order valence-electron chi connectivity index (χ2n) is 4.42. The predicted molar refractivity (Wildman–Crippen MR) is 70.8 cm³/mol. The summed E-state index contributed by atoms with van der Waals surface area (Å²) < 4.78 is 32.0. The van der Waals surface area contributed by atoms with Crippen LogP contribution in [0.25, 0.3) is 0 Å². The van der Waals surface area contributed by atoms with Gasteiger partial charge in [0.1, 0.15) is 0 Å². The molecule has 0 amide bonds. The Labute approximate surface area is 112 Å². The van der Waals surface area contributed by atoms with Crippen molar-refractivity contribution in [2.24, 2.45) is 11.8 Å². The molecule has 0 saturated carbocycles. The van der Waals surface area contributed by atoms with E-state index >= 15 is 0 Å². The van der Waals surface area contributed by atoms with E-state index in [0.29, 0.717) is 19.1 Å². The second kappa shape index (κ2) is 6.29. The first-order chi connectivity index (χ1) is 9.13. The van der Waals surface area contributed by atoms with Gasteiger partial charge in [-0.3, -0.25) is 5.84 Å². The van der Waals surface area contributed by atoms with E-state index in [-0.39, 0.29) is 10.7 Å². The van der Waals surface area contributed by atoms with Gasteiger partial charge in [0, 0.05) is 26.0 Å². The Morgan fingerprint density at radius 3 is 3.05 bits per heavy atom. The third kappa shape index (κ3) is 3.63. The molecule has 1 aromatic heterocycles. The minimum absolute atomic E-state index is 0.0832. The molecule has 1 atom stereocenters.